The van der Waals surface area contributed by atoms with E-state index in [1.807, 2.05) is 30.3 Å². The van der Waals surface area contributed by atoms with Crippen LogP contribution in [0.4, 0.5) is 0 Å². The second kappa shape index (κ2) is 6.29. The van der Waals surface area contributed by atoms with Crippen LogP contribution in [-0.2, 0) is 11.4 Å². The predicted molar refractivity (Wildman–Crippen MR) is 84.9 cm³/mol. The molecule has 1 aliphatic heterocycles. The maximum atomic E-state index is 12.1. The van der Waals surface area contributed by atoms with Crippen LogP contribution in [-0.4, -0.2) is 40.5 Å². The molecule has 1 aromatic carbocycles. The molecule has 0 bridgehead atoms. The van der Waals surface area contributed by atoms with E-state index in [9.17, 15) is 4.79 Å². The monoisotopic (exact) mass is 315 g/mol. The summed E-state index contributed by atoms with van der Waals surface area (Å²) in [4.78, 5) is 14.5. The number of rotatable bonds is 6. The zero-order valence-electron chi connectivity index (χ0n) is 13.1. The SMILES string of the molecule is O=c1oc(-c2ccccc2)nn1CN(C[C@@H]1CCOC1)C1CC1. The number of aromatic nitrogens is 2. The first kappa shape index (κ1) is 14.7. The topological polar surface area (TPSA) is 60.5 Å². The summed E-state index contributed by atoms with van der Waals surface area (Å²) in [5.41, 5.74) is 0.825. The van der Waals surface area contributed by atoms with E-state index in [4.69, 9.17) is 9.15 Å². The minimum Gasteiger partial charge on any atom is -0.388 e. The molecule has 1 aliphatic carbocycles. The fourth-order valence-electron chi connectivity index (χ4n) is 3.09. The maximum absolute atomic E-state index is 12.1. The van der Waals surface area contributed by atoms with Gasteiger partial charge in [0.2, 0.25) is 5.89 Å². The van der Waals surface area contributed by atoms with Crippen LogP contribution in [0.3, 0.4) is 0 Å². The van der Waals surface area contributed by atoms with E-state index in [0.717, 1.165) is 31.7 Å². The van der Waals surface area contributed by atoms with Crippen molar-refractivity contribution in [2.75, 3.05) is 19.8 Å². The van der Waals surface area contributed by atoms with E-state index in [-0.39, 0.29) is 0 Å². The van der Waals surface area contributed by atoms with Gasteiger partial charge in [-0.1, -0.05) is 18.2 Å². The Balaban J connectivity index is 1.50. The minimum absolute atomic E-state index is 0.385. The molecule has 2 fully saturated rings. The molecule has 2 aliphatic rings. The van der Waals surface area contributed by atoms with Gasteiger partial charge in [-0.25, -0.2) is 4.79 Å². The largest absolute Gasteiger partial charge is 0.438 e. The molecular formula is C17H21N3O3. The number of hydrogen-bond acceptors (Lipinski definition) is 5. The van der Waals surface area contributed by atoms with Crippen molar-refractivity contribution in [3.8, 4) is 11.5 Å². The molecule has 6 heteroatoms. The molecule has 23 heavy (non-hydrogen) atoms. The standard InChI is InChI=1S/C17H21N3O3/c21-17-20(18-16(23-17)14-4-2-1-3-5-14)12-19(15-6-7-15)10-13-8-9-22-11-13/h1-5,13,15H,6-12H2/t13-/m0/s1. The Morgan fingerprint density at radius 2 is 2.04 bits per heavy atom. The van der Waals surface area contributed by atoms with Crippen LogP contribution in [0.25, 0.3) is 11.5 Å². The summed E-state index contributed by atoms with van der Waals surface area (Å²) in [5.74, 6) is 0.555. The summed E-state index contributed by atoms with van der Waals surface area (Å²) in [5, 5.41) is 4.37. The molecule has 1 aromatic heterocycles. The Labute approximate surface area is 134 Å². The molecular weight excluding hydrogens is 294 g/mol. The van der Waals surface area contributed by atoms with Gasteiger partial charge >= 0.3 is 5.76 Å². The van der Waals surface area contributed by atoms with Gasteiger partial charge in [0.25, 0.3) is 0 Å². The van der Waals surface area contributed by atoms with E-state index >= 15 is 0 Å². The van der Waals surface area contributed by atoms with Crippen molar-refractivity contribution in [1.29, 1.82) is 0 Å². The Morgan fingerprint density at radius 1 is 1.22 bits per heavy atom. The molecule has 0 spiro atoms. The molecule has 1 saturated carbocycles. The number of nitrogens with zero attached hydrogens (tertiary/aromatic N) is 3. The van der Waals surface area contributed by atoms with E-state index in [2.05, 4.69) is 10.00 Å². The summed E-state index contributed by atoms with van der Waals surface area (Å²) in [7, 11) is 0. The minimum atomic E-state index is -0.392. The lowest BCUT2D eigenvalue weighted by Crippen LogP contribution is -2.36. The first-order valence-corrected chi connectivity index (χ1v) is 8.25. The van der Waals surface area contributed by atoms with Crippen molar-refractivity contribution in [3.63, 3.8) is 0 Å². The summed E-state index contributed by atoms with van der Waals surface area (Å²) in [6, 6.07) is 10.1. The maximum Gasteiger partial charge on any atom is 0.438 e. The zero-order chi connectivity index (χ0) is 15.6. The Kier molecular flexibility index (Phi) is 4.01. The molecule has 0 amide bonds. The van der Waals surface area contributed by atoms with Crippen LogP contribution in [0.15, 0.2) is 39.5 Å². The third-order valence-electron chi connectivity index (χ3n) is 4.52. The van der Waals surface area contributed by atoms with E-state index in [0.29, 0.717) is 24.5 Å². The molecule has 0 radical (unpaired) electrons. The molecule has 2 aromatic rings. The number of ether oxygens (including phenoxy) is 1. The first-order valence-electron chi connectivity index (χ1n) is 8.25. The lowest BCUT2D eigenvalue weighted by molar-refractivity contribution is 0.139. The molecule has 1 saturated heterocycles. The van der Waals surface area contributed by atoms with Crippen LogP contribution in [0.2, 0.25) is 0 Å². The smallest absolute Gasteiger partial charge is 0.388 e. The Hall–Kier alpha value is -1.92. The van der Waals surface area contributed by atoms with Gasteiger partial charge < -0.3 is 9.15 Å². The lowest BCUT2D eigenvalue weighted by Gasteiger charge is -2.23. The highest BCUT2D eigenvalue weighted by Gasteiger charge is 2.32. The van der Waals surface area contributed by atoms with Gasteiger partial charge in [0.1, 0.15) is 6.67 Å². The van der Waals surface area contributed by atoms with Crippen molar-refractivity contribution in [1.82, 2.24) is 14.7 Å². The molecule has 0 unspecified atom stereocenters. The summed E-state index contributed by atoms with van der Waals surface area (Å²) in [6.45, 7) is 3.14. The van der Waals surface area contributed by atoms with Gasteiger partial charge in [-0.05, 0) is 37.3 Å². The molecule has 1 atom stereocenters. The van der Waals surface area contributed by atoms with Crippen LogP contribution < -0.4 is 5.76 Å². The van der Waals surface area contributed by atoms with E-state index < -0.39 is 5.76 Å². The lowest BCUT2D eigenvalue weighted by atomic mass is 10.1. The van der Waals surface area contributed by atoms with Crippen LogP contribution in [0.5, 0.6) is 0 Å². The normalized spacial score (nSPS) is 21.2. The average Bonchev–Trinajstić information content (AvgIpc) is 3.18. The summed E-state index contributed by atoms with van der Waals surface area (Å²) in [6.07, 6.45) is 3.50. The zero-order valence-corrected chi connectivity index (χ0v) is 13.1. The van der Waals surface area contributed by atoms with Gasteiger partial charge in [-0.3, -0.25) is 4.90 Å². The van der Waals surface area contributed by atoms with Gasteiger partial charge in [0.15, 0.2) is 0 Å². The van der Waals surface area contributed by atoms with Crippen molar-refractivity contribution in [3.05, 3.63) is 40.9 Å². The van der Waals surface area contributed by atoms with Crippen molar-refractivity contribution in [2.45, 2.75) is 32.0 Å². The summed E-state index contributed by atoms with van der Waals surface area (Å²) < 4.78 is 12.2. The number of benzene rings is 1. The third kappa shape index (κ3) is 3.38. The van der Waals surface area contributed by atoms with Gasteiger partial charge in [-0.2, -0.15) is 4.68 Å². The second-order valence-electron chi connectivity index (χ2n) is 6.41. The molecule has 6 nitrogen and oxygen atoms in total. The average molecular weight is 315 g/mol. The highest BCUT2D eigenvalue weighted by molar-refractivity contribution is 5.51. The predicted octanol–water partition coefficient (Wildman–Crippen LogP) is 1.96. The van der Waals surface area contributed by atoms with Crippen LogP contribution in [0, 0.1) is 5.92 Å². The molecule has 122 valence electrons. The fraction of sp³-hybridized carbons (Fsp3) is 0.529. The van der Waals surface area contributed by atoms with Crippen molar-refractivity contribution < 1.29 is 9.15 Å². The molecule has 4 rings (SSSR count). The number of hydrogen-bond donors (Lipinski definition) is 0. The van der Waals surface area contributed by atoms with Crippen molar-refractivity contribution >= 4 is 0 Å². The van der Waals surface area contributed by atoms with Crippen LogP contribution >= 0.6 is 0 Å². The highest BCUT2D eigenvalue weighted by Crippen LogP contribution is 2.29. The quantitative estimate of drug-likeness (QED) is 0.815. The van der Waals surface area contributed by atoms with Gasteiger partial charge in [0.05, 0.1) is 6.61 Å². The van der Waals surface area contributed by atoms with E-state index in [1.54, 1.807) is 0 Å². The third-order valence-corrected chi connectivity index (χ3v) is 4.52. The Bertz CT molecular complexity index is 699. The fourth-order valence-corrected chi connectivity index (χ4v) is 3.09. The second-order valence-corrected chi connectivity index (χ2v) is 6.41. The van der Waals surface area contributed by atoms with E-state index in [1.165, 1.54) is 17.5 Å². The first-order chi connectivity index (χ1) is 11.3. The van der Waals surface area contributed by atoms with Crippen molar-refractivity contribution in [2.24, 2.45) is 5.92 Å². The molecule has 2 heterocycles. The molecule has 0 N–H and O–H groups in total. The van der Waals surface area contributed by atoms with Gasteiger partial charge in [0, 0.05) is 24.8 Å². The highest BCUT2D eigenvalue weighted by atomic mass is 16.5. The van der Waals surface area contributed by atoms with Crippen LogP contribution in [0.1, 0.15) is 19.3 Å². The van der Waals surface area contributed by atoms with Gasteiger partial charge in [-0.15, -0.1) is 5.10 Å². The Morgan fingerprint density at radius 3 is 2.74 bits per heavy atom. The summed E-state index contributed by atoms with van der Waals surface area (Å²) >= 11 is 0.